The van der Waals surface area contributed by atoms with Crippen LogP contribution in [0.1, 0.15) is 59.3 Å². The lowest BCUT2D eigenvalue weighted by molar-refractivity contribution is -0.115. The molecular weight excluding hydrogens is 286 g/mol. The summed E-state index contributed by atoms with van der Waals surface area (Å²) in [7, 11) is 3.38. The monoisotopic (exact) mass is 327 g/mol. The molecule has 0 aromatic carbocycles. The van der Waals surface area contributed by atoms with Crippen LogP contribution in [-0.4, -0.2) is 74.5 Å². The number of piperidine rings is 2. The van der Waals surface area contributed by atoms with Crippen LogP contribution in [0.15, 0.2) is 0 Å². The van der Waals surface area contributed by atoms with Crippen molar-refractivity contribution < 1.29 is 4.79 Å². The first-order valence-electron chi connectivity index (χ1n) is 9.72. The maximum absolute atomic E-state index is 9.43. The molecule has 2 fully saturated rings. The number of amides is 1. The highest BCUT2D eigenvalue weighted by atomic mass is 16.1. The molecule has 4 heteroatoms. The Morgan fingerprint density at radius 1 is 0.957 bits per heavy atom. The van der Waals surface area contributed by atoms with Crippen molar-refractivity contribution in [2.24, 2.45) is 5.92 Å². The van der Waals surface area contributed by atoms with Crippen LogP contribution in [0, 0.1) is 5.92 Å². The van der Waals surface area contributed by atoms with E-state index in [1.165, 1.54) is 82.7 Å². The van der Waals surface area contributed by atoms with Gasteiger partial charge in [0.05, 0.1) is 0 Å². The first-order chi connectivity index (χ1) is 11.2. The molecule has 2 heterocycles. The summed E-state index contributed by atoms with van der Waals surface area (Å²) in [5.74, 6) is 1.02. The van der Waals surface area contributed by atoms with Crippen LogP contribution in [0.4, 0.5) is 0 Å². The number of carbonyl (C=O) groups is 1. The second-order valence-electron chi connectivity index (χ2n) is 6.64. The Labute approximate surface area is 145 Å². The minimum absolute atomic E-state index is 0.750. The van der Waals surface area contributed by atoms with Gasteiger partial charge in [-0.15, -0.1) is 0 Å². The number of carbonyl (C=O) groups excluding carboxylic acids is 1. The Morgan fingerprint density at radius 2 is 1.48 bits per heavy atom. The van der Waals surface area contributed by atoms with Crippen LogP contribution in [-0.2, 0) is 4.79 Å². The molecule has 4 nitrogen and oxygen atoms in total. The topological polar surface area (TPSA) is 26.8 Å². The van der Waals surface area contributed by atoms with Crippen LogP contribution >= 0.6 is 0 Å². The minimum Gasteiger partial charge on any atom is -0.351 e. The fourth-order valence-electron chi connectivity index (χ4n) is 3.14. The van der Waals surface area contributed by atoms with E-state index >= 15 is 0 Å². The van der Waals surface area contributed by atoms with Crippen molar-refractivity contribution in [3.8, 4) is 0 Å². The van der Waals surface area contributed by atoms with Crippen molar-refractivity contribution in [1.29, 1.82) is 0 Å². The maximum Gasteiger partial charge on any atom is 0.209 e. The molecule has 2 saturated heterocycles. The van der Waals surface area contributed by atoms with E-state index in [0.717, 1.165) is 12.3 Å². The zero-order valence-electron chi connectivity index (χ0n) is 16.4. The molecule has 23 heavy (non-hydrogen) atoms. The van der Waals surface area contributed by atoms with E-state index in [1.54, 1.807) is 14.1 Å². The molecule has 1 amide bonds. The van der Waals surface area contributed by atoms with Crippen molar-refractivity contribution >= 4 is 6.41 Å². The fraction of sp³-hybridized carbons (Fsp3) is 0.947. The summed E-state index contributed by atoms with van der Waals surface area (Å²) in [6.07, 6.45) is 9.44. The quantitative estimate of drug-likeness (QED) is 0.725. The Bertz CT molecular complexity index is 257. The van der Waals surface area contributed by atoms with Crippen LogP contribution < -0.4 is 0 Å². The lowest BCUT2D eigenvalue weighted by atomic mass is 9.93. The molecular formula is C19H41N3O. The molecule has 0 unspecified atom stereocenters. The van der Waals surface area contributed by atoms with Gasteiger partial charge in [0, 0.05) is 14.1 Å². The van der Waals surface area contributed by atoms with Gasteiger partial charge in [-0.1, -0.05) is 27.2 Å². The summed E-state index contributed by atoms with van der Waals surface area (Å²) in [5.41, 5.74) is 0. The summed E-state index contributed by atoms with van der Waals surface area (Å²) in [6, 6.07) is 0. The van der Waals surface area contributed by atoms with Crippen molar-refractivity contribution in [1.82, 2.24) is 14.7 Å². The van der Waals surface area contributed by atoms with E-state index < -0.39 is 0 Å². The third kappa shape index (κ3) is 11.5. The number of hydrogen-bond acceptors (Lipinski definition) is 3. The molecule has 138 valence electrons. The largest absolute Gasteiger partial charge is 0.351 e. The van der Waals surface area contributed by atoms with Gasteiger partial charge in [-0.3, -0.25) is 4.79 Å². The summed E-state index contributed by atoms with van der Waals surface area (Å²) in [4.78, 5) is 16.2. The summed E-state index contributed by atoms with van der Waals surface area (Å²) >= 11 is 0. The van der Waals surface area contributed by atoms with Crippen molar-refractivity contribution in [3.63, 3.8) is 0 Å². The molecule has 0 saturated carbocycles. The van der Waals surface area contributed by atoms with E-state index in [9.17, 15) is 4.79 Å². The highest BCUT2D eigenvalue weighted by Crippen LogP contribution is 2.21. The van der Waals surface area contributed by atoms with Gasteiger partial charge in [0.25, 0.3) is 0 Å². The molecule has 0 aromatic heterocycles. The van der Waals surface area contributed by atoms with Gasteiger partial charge in [0.2, 0.25) is 6.41 Å². The molecule has 0 spiro atoms. The second-order valence-corrected chi connectivity index (χ2v) is 6.64. The number of rotatable bonds is 5. The number of likely N-dealkylation sites (tertiary alicyclic amines) is 2. The molecule has 0 aliphatic carbocycles. The normalized spacial score (nSPS) is 19.9. The standard InChI is InChI=1S/C14H28N2.C3H7NO.C2H6/c1-2-15-11-6-14(7-12-15)8-13-16-9-4-3-5-10-16;1-4(2)3-5;1-2/h14H,2-13H2,1H3;3H,1-2H3;1-2H3. The first-order valence-corrected chi connectivity index (χ1v) is 9.72. The van der Waals surface area contributed by atoms with Gasteiger partial charge in [-0.25, -0.2) is 0 Å². The summed E-state index contributed by atoms with van der Waals surface area (Å²) in [6.45, 7) is 14.3. The zero-order chi connectivity index (χ0) is 17.5. The molecule has 0 radical (unpaired) electrons. The van der Waals surface area contributed by atoms with Gasteiger partial charge in [-0.05, 0) is 77.3 Å². The van der Waals surface area contributed by atoms with Gasteiger partial charge >= 0.3 is 0 Å². The van der Waals surface area contributed by atoms with Crippen LogP contribution in [0.5, 0.6) is 0 Å². The number of nitrogens with zero attached hydrogens (tertiary/aromatic N) is 3. The van der Waals surface area contributed by atoms with E-state index in [-0.39, 0.29) is 0 Å². The van der Waals surface area contributed by atoms with Crippen LogP contribution in [0.2, 0.25) is 0 Å². The van der Waals surface area contributed by atoms with Crippen molar-refractivity contribution in [2.45, 2.75) is 59.3 Å². The Balaban J connectivity index is 0.000000594. The maximum atomic E-state index is 9.43. The molecule has 0 N–H and O–H groups in total. The van der Waals surface area contributed by atoms with Crippen molar-refractivity contribution in [2.75, 3.05) is 53.4 Å². The Kier molecular flexibility index (Phi) is 14.6. The average Bonchev–Trinajstić information content (AvgIpc) is 2.63. The van der Waals surface area contributed by atoms with Crippen molar-refractivity contribution in [3.05, 3.63) is 0 Å². The van der Waals surface area contributed by atoms with Crippen LogP contribution in [0.25, 0.3) is 0 Å². The molecule has 0 aromatic rings. The molecule has 0 atom stereocenters. The second kappa shape index (κ2) is 14.9. The fourth-order valence-corrected chi connectivity index (χ4v) is 3.14. The predicted octanol–water partition coefficient (Wildman–Crippen LogP) is 3.32. The van der Waals surface area contributed by atoms with Crippen LogP contribution in [0.3, 0.4) is 0 Å². The van der Waals surface area contributed by atoms with E-state index in [4.69, 9.17) is 0 Å². The average molecular weight is 328 g/mol. The smallest absolute Gasteiger partial charge is 0.209 e. The molecule has 2 aliphatic heterocycles. The third-order valence-electron chi connectivity index (χ3n) is 4.67. The van der Waals surface area contributed by atoms with Gasteiger partial charge < -0.3 is 14.7 Å². The van der Waals surface area contributed by atoms with Gasteiger partial charge in [-0.2, -0.15) is 0 Å². The Morgan fingerprint density at radius 3 is 1.91 bits per heavy atom. The SMILES string of the molecule is CC.CCN1CCC(CCN2CCCCC2)CC1.CN(C)C=O. The predicted molar refractivity (Wildman–Crippen MR) is 101 cm³/mol. The highest BCUT2D eigenvalue weighted by molar-refractivity contribution is 5.45. The number of hydrogen-bond donors (Lipinski definition) is 0. The van der Waals surface area contributed by atoms with E-state index in [1.807, 2.05) is 13.8 Å². The zero-order valence-corrected chi connectivity index (χ0v) is 16.4. The van der Waals surface area contributed by atoms with Gasteiger partial charge in [0.1, 0.15) is 0 Å². The van der Waals surface area contributed by atoms with Gasteiger partial charge in [0.15, 0.2) is 0 Å². The third-order valence-corrected chi connectivity index (χ3v) is 4.67. The highest BCUT2D eigenvalue weighted by Gasteiger charge is 2.19. The molecule has 2 rings (SSSR count). The van der Waals surface area contributed by atoms with E-state index in [0.29, 0.717) is 0 Å². The summed E-state index contributed by atoms with van der Waals surface area (Å²) < 4.78 is 0. The lowest BCUT2D eigenvalue weighted by Gasteiger charge is -2.33. The van der Waals surface area contributed by atoms with E-state index in [2.05, 4.69) is 16.7 Å². The Hall–Kier alpha value is -0.610. The molecule has 0 bridgehead atoms. The minimum atomic E-state index is 0.750. The lowest BCUT2D eigenvalue weighted by Crippen LogP contribution is -2.36. The molecule has 2 aliphatic rings. The first kappa shape index (κ1) is 22.4. The summed E-state index contributed by atoms with van der Waals surface area (Å²) in [5, 5.41) is 0.